The van der Waals surface area contributed by atoms with Crippen molar-refractivity contribution in [2.24, 2.45) is 0 Å². The minimum absolute atomic E-state index is 0.232. The lowest BCUT2D eigenvalue weighted by Gasteiger charge is -2.46. The number of unbranched alkanes of at least 4 members (excludes halogenated alkanes) is 14. The van der Waals surface area contributed by atoms with Crippen LogP contribution in [0.3, 0.4) is 0 Å². The van der Waals surface area contributed by atoms with Crippen molar-refractivity contribution in [2.45, 2.75) is 280 Å². The van der Waals surface area contributed by atoms with Gasteiger partial charge in [0.15, 0.2) is 12.6 Å². The van der Waals surface area contributed by atoms with Crippen LogP contribution in [0.4, 0.5) is 0 Å². The van der Waals surface area contributed by atoms with Crippen molar-refractivity contribution in [3.8, 4) is 0 Å². The molecular formula is C76H121NO13. The van der Waals surface area contributed by atoms with Crippen LogP contribution in [0, 0.1) is 0 Å². The van der Waals surface area contributed by atoms with E-state index in [2.05, 4.69) is 177 Å². The predicted molar refractivity (Wildman–Crippen MR) is 368 cm³/mol. The molecule has 2 saturated heterocycles. The Morgan fingerprint density at radius 3 is 1.22 bits per heavy atom. The molecule has 0 aromatic rings. The van der Waals surface area contributed by atoms with Gasteiger partial charge in [0.25, 0.3) is 0 Å². The van der Waals surface area contributed by atoms with E-state index in [9.17, 15) is 45.6 Å². The molecule has 0 saturated carbocycles. The molecule has 14 heteroatoms. The van der Waals surface area contributed by atoms with Crippen molar-refractivity contribution in [3.63, 3.8) is 0 Å². The summed E-state index contributed by atoms with van der Waals surface area (Å²) in [6.07, 6.45) is 74.1. The first-order chi connectivity index (χ1) is 44.1. The van der Waals surface area contributed by atoms with E-state index in [4.69, 9.17) is 18.9 Å². The Bertz CT molecular complexity index is 2170. The Labute approximate surface area is 543 Å². The molecule has 0 aromatic carbocycles. The highest BCUT2D eigenvalue weighted by Gasteiger charge is 2.51. The number of hydrogen-bond acceptors (Lipinski definition) is 13. The third-order valence-corrected chi connectivity index (χ3v) is 15.4. The fourth-order valence-electron chi connectivity index (χ4n) is 9.93. The highest BCUT2D eigenvalue weighted by molar-refractivity contribution is 5.76. The van der Waals surface area contributed by atoms with Gasteiger partial charge >= 0.3 is 0 Å². The number of aliphatic hydroxyl groups excluding tert-OH is 8. The average molecular weight is 1260 g/mol. The van der Waals surface area contributed by atoms with Gasteiger partial charge < -0.3 is 65.1 Å². The third-order valence-electron chi connectivity index (χ3n) is 15.4. The molecule has 12 atom stereocenters. The number of rotatable bonds is 53. The van der Waals surface area contributed by atoms with Crippen molar-refractivity contribution in [3.05, 3.63) is 170 Å². The summed E-state index contributed by atoms with van der Waals surface area (Å²) in [6, 6.07) is -0.958. The van der Waals surface area contributed by atoms with Gasteiger partial charge in [-0.25, -0.2) is 0 Å². The van der Waals surface area contributed by atoms with Gasteiger partial charge in [-0.2, -0.15) is 0 Å². The van der Waals surface area contributed by atoms with E-state index >= 15 is 0 Å². The molecule has 0 radical (unpaired) electrons. The first-order valence-electron chi connectivity index (χ1n) is 34.4. The van der Waals surface area contributed by atoms with Gasteiger partial charge in [0.1, 0.15) is 48.8 Å². The fourth-order valence-corrected chi connectivity index (χ4v) is 9.93. The van der Waals surface area contributed by atoms with E-state index in [1.807, 2.05) is 6.08 Å². The third kappa shape index (κ3) is 41.8. The molecule has 2 heterocycles. The Hall–Kier alpha value is -4.65. The lowest BCUT2D eigenvalue weighted by Crippen LogP contribution is -2.65. The second kappa shape index (κ2) is 58.2. The molecule has 90 heavy (non-hydrogen) atoms. The van der Waals surface area contributed by atoms with Crippen LogP contribution in [0.15, 0.2) is 170 Å². The molecule has 14 nitrogen and oxygen atoms in total. The molecule has 12 unspecified atom stereocenters. The van der Waals surface area contributed by atoms with Crippen LogP contribution in [-0.2, 0) is 23.7 Å². The van der Waals surface area contributed by atoms with E-state index in [0.717, 1.165) is 116 Å². The molecular weight excluding hydrogens is 1130 g/mol. The van der Waals surface area contributed by atoms with Crippen LogP contribution in [0.1, 0.15) is 206 Å². The minimum Gasteiger partial charge on any atom is -0.394 e. The second-order valence-corrected chi connectivity index (χ2v) is 23.2. The van der Waals surface area contributed by atoms with Crippen LogP contribution in [0.25, 0.3) is 0 Å². The Morgan fingerprint density at radius 2 is 0.778 bits per heavy atom. The van der Waals surface area contributed by atoms with Crippen molar-refractivity contribution >= 4 is 5.91 Å². The van der Waals surface area contributed by atoms with Gasteiger partial charge in [0, 0.05) is 6.42 Å². The van der Waals surface area contributed by atoms with Crippen LogP contribution >= 0.6 is 0 Å². The molecule has 9 N–H and O–H groups in total. The lowest BCUT2D eigenvalue weighted by atomic mass is 9.97. The highest BCUT2D eigenvalue weighted by Crippen LogP contribution is 2.30. The Balaban J connectivity index is 1.67. The molecule has 2 rings (SSSR count). The first-order valence-corrected chi connectivity index (χ1v) is 34.4. The van der Waals surface area contributed by atoms with Gasteiger partial charge in [0.05, 0.1) is 32.0 Å². The topological polar surface area (TPSA) is 228 Å². The number of ether oxygens (including phenoxy) is 4. The summed E-state index contributed by atoms with van der Waals surface area (Å²) < 4.78 is 22.8. The number of allylic oxidation sites excluding steroid dienone is 27. The van der Waals surface area contributed by atoms with Gasteiger partial charge in [0.2, 0.25) is 5.91 Å². The maximum absolute atomic E-state index is 13.3. The van der Waals surface area contributed by atoms with E-state index < -0.39 is 86.8 Å². The minimum atomic E-state index is -1.80. The Morgan fingerprint density at radius 1 is 0.411 bits per heavy atom. The number of carbonyl (C=O) groups is 1. The molecule has 2 fully saturated rings. The molecule has 1 amide bonds. The predicted octanol–water partition coefficient (Wildman–Crippen LogP) is 14.0. The van der Waals surface area contributed by atoms with Crippen molar-refractivity contribution in [1.82, 2.24) is 5.32 Å². The second-order valence-electron chi connectivity index (χ2n) is 23.2. The molecule has 2 aliphatic rings. The van der Waals surface area contributed by atoms with Crippen molar-refractivity contribution in [1.29, 1.82) is 0 Å². The number of aliphatic hydroxyl groups is 8. The summed E-state index contributed by atoms with van der Waals surface area (Å²) in [5, 5.41) is 87.2. The zero-order valence-electron chi connectivity index (χ0n) is 55.0. The highest BCUT2D eigenvalue weighted by atomic mass is 16.7. The molecule has 2 aliphatic heterocycles. The van der Waals surface area contributed by atoms with Crippen LogP contribution < -0.4 is 5.32 Å². The smallest absolute Gasteiger partial charge is 0.220 e. The number of carbonyl (C=O) groups excluding carboxylic acids is 1. The van der Waals surface area contributed by atoms with Crippen molar-refractivity contribution in [2.75, 3.05) is 19.8 Å². The summed E-state index contributed by atoms with van der Waals surface area (Å²) in [4.78, 5) is 13.3. The first kappa shape index (κ1) is 81.4. The fraction of sp³-hybridized carbons (Fsp3) is 0.618. The molecule has 508 valence electrons. The lowest BCUT2D eigenvalue weighted by molar-refractivity contribution is -0.359. The summed E-state index contributed by atoms with van der Waals surface area (Å²) in [7, 11) is 0. The molecule has 0 bridgehead atoms. The zero-order valence-corrected chi connectivity index (χ0v) is 55.0. The van der Waals surface area contributed by atoms with Gasteiger partial charge in [-0.1, -0.05) is 248 Å². The molecule has 0 aliphatic carbocycles. The summed E-state index contributed by atoms with van der Waals surface area (Å²) >= 11 is 0. The van der Waals surface area contributed by atoms with Crippen molar-refractivity contribution < 1.29 is 64.6 Å². The largest absolute Gasteiger partial charge is 0.394 e. The summed E-state index contributed by atoms with van der Waals surface area (Å²) in [6.45, 7) is 2.62. The normalized spacial score (nSPS) is 24.0. The maximum Gasteiger partial charge on any atom is 0.220 e. The monoisotopic (exact) mass is 1260 g/mol. The Kier molecular flexibility index (Phi) is 52.7. The standard InChI is InChI=1S/C76H121NO13/c1-3-5-7-9-11-13-15-17-19-20-21-22-23-24-25-26-27-28-29-30-31-32-33-34-35-36-37-38-39-40-41-42-43-44-46-48-50-52-54-56-58-60-68(81)77-64(65(80)59-57-55-53-51-49-47-45-18-16-14-12-10-8-6-4-2)63-87-75-73(86)71(84)74(67(62-79)89-75)90-76-72(85)70(83)69(82)66(61-78)88-76/h5,7,11,13,17,19,21-22,24-25,27-28,30-31,33-34,36-37,39-40,42-43,46,48-49,51,57,59,64-67,69-76,78-80,82-86H,3-4,6,8-10,12,14-16,18,20,23,26,29,32,35,38,41,44-45,47,50,52-56,58,60-63H2,1-2H3,(H,77,81)/b7-5-,13-11-,19-17-,22-21-,25-24-,28-27-,31-30-,34-33-,37-36-,40-39-,43-42-,48-46-,51-49+,59-57+. The molecule has 0 aromatic heterocycles. The number of nitrogens with one attached hydrogen (secondary N) is 1. The molecule has 0 spiro atoms. The summed E-state index contributed by atoms with van der Waals surface area (Å²) in [5.41, 5.74) is 0. The average Bonchev–Trinajstić information content (AvgIpc) is 1.58. The van der Waals surface area contributed by atoms with Gasteiger partial charge in [-0.15, -0.1) is 0 Å². The maximum atomic E-state index is 13.3. The van der Waals surface area contributed by atoms with Crippen LogP contribution in [-0.4, -0.2) is 140 Å². The van der Waals surface area contributed by atoms with Gasteiger partial charge in [-0.3, -0.25) is 4.79 Å². The van der Waals surface area contributed by atoms with Gasteiger partial charge in [-0.05, 0) is 122 Å². The van der Waals surface area contributed by atoms with Crippen LogP contribution in [0.5, 0.6) is 0 Å². The van der Waals surface area contributed by atoms with E-state index in [1.165, 1.54) is 57.8 Å². The number of hydrogen-bond donors (Lipinski definition) is 9. The summed E-state index contributed by atoms with van der Waals surface area (Å²) in [5.74, 6) is -0.281. The quantitative estimate of drug-likeness (QED) is 0.0204. The van der Waals surface area contributed by atoms with E-state index in [0.29, 0.717) is 12.8 Å². The number of amides is 1. The van der Waals surface area contributed by atoms with E-state index in [-0.39, 0.29) is 18.9 Å². The zero-order chi connectivity index (χ0) is 65.2. The SMILES string of the molecule is CC/C=C\C/C=C\C/C=C\C/C=C\C/C=C\C/C=C\C/C=C\C/C=C\C/C=C\C/C=C\C/C=C\C/C=C\CCCCCCC(=O)NC(COC1OC(CO)C(OC2OC(CO)C(O)C(O)C2O)C(O)C1O)C(O)/C=C/CC/C=C/CCCCCCCCCCC. The van der Waals surface area contributed by atoms with E-state index in [1.54, 1.807) is 6.08 Å². The van der Waals surface area contributed by atoms with Crippen LogP contribution in [0.2, 0.25) is 0 Å².